The molecule has 1 unspecified atom stereocenters. The molecule has 1 amide bonds. The van der Waals surface area contributed by atoms with Crippen LogP contribution < -0.4 is 11.1 Å². The molecule has 2 rings (SSSR count). The van der Waals surface area contributed by atoms with Gasteiger partial charge in [-0.3, -0.25) is 4.79 Å². The van der Waals surface area contributed by atoms with Crippen molar-refractivity contribution in [3.8, 4) is 11.8 Å². The summed E-state index contributed by atoms with van der Waals surface area (Å²) in [5.41, 5.74) is 6.01. The van der Waals surface area contributed by atoms with Gasteiger partial charge in [-0.25, -0.2) is 4.39 Å². The standard InChI is InChI=1S/C15H17FN2O/c1-10(12-5-6-12)15(19)18-14-7-4-11(3-2-8-17)9-13(14)16/h4,7,9-10,12H,5-6,8,17H2,1H3,(H,18,19). The number of benzene rings is 1. The Bertz CT molecular complexity index is 541. The Balaban J connectivity index is 2.06. The number of anilines is 1. The van der Waals surface area contributed by atoms with Gasteiger partial charge in [0.05, 0.1) is 12.2 Å². The van der Waals surface area contributed by atoms with Crippen LogP contribution in [0.5, 0.6) is 0 Å². The molecule has 0 aliphatic heterocycles. The molecule has 1 aromatic carbocycles. The maximum Gasteiger partial charge on any atom is 0.227 e. The maximum atomic E-state index is 13.8. The summed E-state index contributed by atoms with van der Waals surface area (Å²) in [6.07, 6.45) is 2.18. The monoisotopic (exact) mass is 260 g/mol. The normalized spacial score (nSPS) is 15.3. The van der Waals surface area contributed by atoms with Gasteiger partial charge in [-0.2, -0.15) is 0 Å². The lowest BCUT2D eigenvalue weighted by Gasteiger charge is -2.11. The molecule has 1 atom stereocenters. The molecule has 1 fully saturated rings. The third kappa shape index (κ3) is 3.55. The average Bonchev–Trinajstić information content (AvgIpc) is 3.22. The van der Waals surface area contributed by atoms with E-state index in [1.807, 2.05) is 6.92 Å². The van der Waals surface area contributed by atoms with Crippen LogP contribution in [0.1, 0.15) is 25.3 Å². The van der Waals surface area contributed by atoms with Crippen LogP contribution in [0, 0.1) is 29.5 Å². The molecule has 0 aromatic heterocycles. The fourth-order valence-corrected chi connectivity index (χ4v) is 1.90. The second-order valence-corrected chi connectivity index (χ2v) is 4.82. The minimum atomic E-state index is -0.472. The number of hydrogen-bond acceptors (Lipinski definition) is 2. The van der Waals surface area contributed by atoms with E-state index in [1.165, 1.54) is 12.1 Å². The summed E-state index contributed by atoms with van der Waals surface area (Å²) in [6, 6.07) is 4.51. The van der Waals surface area contributed by atoms with Crippen molar-refractivity contribution in [1.29, 1.82) is 0 Å². The zero-order valence-electron chi connectivity index (χ0n) is 10.9. The third-order valence-corrected chi connectivity index (χ3v) is 3.30. The largest absolute Gasteiger partial charge is 0.323 e. The zero-order valence-corrected chi connectivity index (χ0v) is 10.9. The number of hydrogen-bond donors (Lipinski definition) is 2. The van der Waals surface area contributed by atoms with Crippen LogP contribution in [-0.4, -0.2) is 12.5 Å². The van der Waals surface area contributed by atoms with E-state index >= 15 is 0 Å². The molecule has 1 aliphatic carbocycles. The van der Waals surface area contributed by atoms with Crippen LogP contribution in [0.15, 0.2) is 18.2 Å². The van der Waals surface area contributed by atoms with Gasteiger partial charge in [0, 0.05) is 11.5 Å². The van der Waals surface area contributed by atoms with E-state index < -0.39 is 5.82 Å². The Morgan fingerprint density at radius 3 is 2.89 bits per heavy atom. The summed E-state index contributed by atoms with van der Waals surface area (Å²) >= 11 is 0. The van der Waals surface area contributed by atoms with Crippen molar-refractivity contribution < 1.29 is 9.18 Å². The van der Waals surface area contributed by atoms with Crippen LogP contribution in [0.2, 0.25) is 0 Å². The third-order valence-electron chi connectivity index (χ3n) is 3.30. The number of halogens is 1. The van der Waals surface area contributed by atoms with E-state index in [4.69, 9.17) is 5.73 Å². The predicted octanol–water partition coefficient (Wildman–Crippen LogP) is 2.12. The second kappa shape index (κ2) is 5.85. The van der Waals surface area contributed by atoms with E-state index in [2.05, 4.69) is 17.2 Å². The maximum absolute atomic E-state index is 13.8. The molecular weight excluding hydrogens is 243 g/mol. The first-order valence-corrected chi connectivity index (χ1v) is 6.41. The fourth-order valence-electron chi connectivity index (χ4n) is 1.90. The SMILES string of the molecule is CC(C(=O)Nc1ccc(C#CCN)cc1F)C1CC1. The van der Waals surface area contributed by atoms with Gasteiger partial charge in [-0.15, -0.1) is 0 Å². The summed E-state index contributed by atoms with van der Waals surface area (Å²) in [5, 5.41) is 2.63. The summed E-state index contributed by atoms with van der Waals surface area (Å²) in [7, 11) is 0. The van der Waals surface area contributed by atoms with Crippen molar-refractivity contribution >= 4 is 11.6 Å². The van der Waals surface area contributed by atoms with Crippen LogP contribution in [0.3, 0.4) is 0 Å². The van der Waals surface area contributed by atoms with Gasteiger partial charge >= 0.3 is 0 Å². The number of nitrogens with two attached hydrogens (primary N) is 1. The molecule has 0 radical (unpaired) electrons. The highest BCUT2D eigenvalue weighted by molar-refractivity contribution is 5.92. The predicted molar refractivity (Wildman–Crippen MR) is 72.9 cm³/mol. The molecule has 100 valence electrons. The molecule has 0 spiro atoms. The van der Waals surface area contributed by atoms with Gasteiger partial charge in [0.1, 0.15) is 5.82 Å². The van der Waals surface area contributed by atoms with Crippen molar-refractivity contribution in [2.45, 2.75) is 19.8 Å². The molecule has 3 N–H and O–H groups in total. The second-order valence-electron chi connectivity index (χ2n) is 4.82. The molecular formula is C15H17FN2O. The number of nitrogens with one attached hydrogen (secondary N) is 1. The summed E-state index contributed by atoms with van der Waals surface area (Å²) < 4.78 is 13.8. The van der Waals surface area contributed by atoms with Crippen LogP contribution in [0.4, 0.5) is 10.1 Å². The van der Waals surface area contributed by atoms with Crippen molar-refractivity contribution in [3.05, 3.63) is 29.6 Å². The minimum Gasteiger partial charge on any atom is -0.323 e. The first kappa shape index (κ1) is 13.6. The summed E-state index contributed by atoms with van der Waals surface area (Å²) in [5.74, 6) is 5.21. The van der Waals surface area contributed by atoms with Gasteiger partial charge in [-0.05, 0) is 37.0 Å². The van der Waals surface area contributed by atoms with E-state index in [0.29, 0.717) is 11.5 Å². The van der Waals surface area contributed by atoms with Crippen LogP contribution in [-0.2, 0) is 4.79 Å². The first-order valence-electron chi connectivity index (χ1n) is 6.41. The van der Waals surface area contributed by atoms with E-state index in [1.54, 1.807) is 6.07 Å². The average molecular weight is 260 g/mol. The zero-order chi connectivity index (χ0) is 13.8. The van der Waals surface area contributed by atoms with Gasteiger partial charge in [0.2, 0.25) is 5.91 Å². The van der Waals surface area contributed by atoms with Crippen LogP contribution >= 0.6 is 0 Å². The molecule has 0 saturated heterocycles. The molecule has 4 heteroatoms. The van der Waals surface area contributed by atoms with E-state index in [9.17, 15) is 9.18 Å². The lowest BCUT2D eigenvalue weighted by Crippen LogP contribution is -2.22. The van der Waals surface area contributed by atoms with Crippen molar-refractivity contribution in [3.63, 3.8) is 0 Å². The van der Waals surface area contributed by atoms with Gasteiger partial charge in [0.25, 0.3) is 0 Å². The summed E-state index contributed by atoms with van der Waals surface area (Å²) in [6.45, 7) is 2.12. The molecule has 1 aromatic rings. The van der Waals surface area contributed by atoms with Crippen molar-refractivity contribution in [2.24, 2.45) is 17.6 Å². The van der Waals surface area contributed by atoms with Gasteiger partial charge in [0.15, 0.2) is 0 Å². The van der Waals surface area contributed by atoms with Crippen molar-refractivity contribution in [2.75, 3.05) is 11.9 Å². The Morgan fingerprint density at radius 2 is 2.32 bits per heavy atom. The molecule has 1 aliphatic rings. The van der Waals surface area contributed by atoms with E-state index in [-0.39, 0.29) is 24.1 Å². The molecule has 3 nitrogen and oxygen atoms in total. The number of rotatable bonds is 3. The Morgan fingerprint density at radius 1 is 1.58 bits per heavy atom. The number of carbonyl (C=O) groups excluding carboxylic acids is 1. The molecule has 0 heterocycles. The molecule has 0 bridgehead atoms. The van der Waals surface area contributed by atoms with Gasteiger partial charge in [-0.1, -0.05) is 18.8 Å². The smallest absolute Gasteiger partial charge is 0.227 e. The highest BCUT2D eigenvalue weighted by Gasteiger charge is 2.32. The molecule has 19 heavy (non-hydrogen) atoms. The lowest BCUT2D eigenvalue weighted by atomic mass is 10.1. The highest BCUT2D eigenvalue weighted by Crippen LogP contribution is 2.37. The van der Waals surface area contributed by atoms with Crippen LogP contribution in [0.25, 0.3) is 0 Å². The Labute approximate surface area is 112 Å². The quantitative estimate of drug-likeness (QED) is 0.818. The van der Waals surface area contributed by atoms with Gasteiger partial charge < -0.3 is 11.1 Å². The van der Waals surface area contributed by atoms with Crippen molar-refractivity contribution in [1.82, 2.24) is 0 Å². The Kier molecular flexibility index (Phi) is 4.18. The molecule has 1 saturated carbocycles. The number of carbonyl (C=O) groups is 1. The number of amides is 1. The fraction of sp³-hybridized carbons (Fsp3) is 0.400. The topological polar surface area (TPSA) is 55.1 Å². The first-order chi connectivity index (χ1) is 9.11. The minimum absolute atomic E-state index is 0.0592. The Hall–Kier alpha value is -1.86. The summed E-state index contributed by atoms with van der Waals surface area (Å²) in [4.78, 5) is 11.9. The van der Waals surface area contributed by atoms with E-state index in [0.717, 1.165) is 12.8 Å². The lowest BCUT2D eigenvalue weighted by molar-refractivity contribution is -0.119. The highest BCUT2D eigenvalue weighted by atomic mass is 19.1.